The molecule has 3 aromatic rings. The van der Waals surface area contributed by atoms with E-state index in [1.54, 1.807) is 30.6 Å². The van der Waals surface area contributed by atoms with E-state index in [2.05, 4.69) is 40.5 Å². The fraction of sp³-hybridized carbons (Fsp3) is 0.250. The standard InChI is InChI=1S/C20H22N4O2S2/c1-4-10-24-19(14-11-15(5-2)27-12-14)22-23-20(24)28-13-18(25)21-16-8-6-7-9-17(16)26-3/h4,6-9,11-12H,1,5,10,13H2,2-3H3,(H,21,25). The first-order valence-corrected chi connectivity index (χ1v) is 10.7. The van der Waals surface area contributed by atoms with Crippen molar-refractivity contribution in [1.82, 2.24) is 14.8 Å². The lowest BCUT2D eigenvalue weighted by atomic mass is 10.2. The summed E-state index contributed by atoms with van der Waals surface area (Å²) >= 11 is 3.06. The van der Waals surface area contributed by atoms with Crippen molar-refractivity contribution in [3.8, 4) is 17.1 Å². The molecule has 0 aliphatic carbocycles. The number of amides is 1. The second-order valence-corrected chi connectivity index (χ2v) is 7.84. The number of ether oxygens (including phenoxy) is 1. The number of allylic oxidation sites excluding steroid dienone is 1. The molecule has 3 rings (SSSR count). The van der Waals surface area contributed by atoms with Gasteiger partial charge in [0.25, 0.3) is 0 Å². The summed E-state index contributed by atoms with van der Waals surface area (Å²) in [6.45, 7) is 6.54. The van der Waals surface area contributed by atoms with Crippen LogP contribution in [0.2, 0.25) is 0 Å². The van der Waals surface area contributed by atoms with Crippen molar-refractivity contribution < 1.29 is 9.53 Å². The third-order valence-corrected chi connectivity index (χ3v) is 6.05. The van der Waals surface area contributed by atoms with Crippen molar-refractivity contribution in [2.75, 3.05) is 18.2 Å². The van der Waals surface area contributed by atoms with Crippen molar-refractivity contribution in [3.63, 3.8) is 0 Å². The van der Waals surface area contributed by atoms with E-state index in [0.29, 0.717) is 23.1 Å². The van der Waals surface area contributed by atoms with Crippen LogP contribution in [0.25, 0.3) is 11.4 Å². The number of anilines is 1. The average molecular weight is 415 g/mol. The van der Waals surface area contributed by atoms with Crippen molar-refractivity contribution in [3.05, 3.63) is 53.2 Å². The van der Waals surface area contributed by atoms with E-state index < -0.39 is 0 Å². The molecular weight excluding hydrogens is 392 g/mol. The van der Waals surface area contributed by atoms with Gasteiger partial charge in [-0.2, -0.15) is 0 Å². The largest absolute Gasteiger partial charge is 0.495 e. The van der Waals surface area contributed by atoms with Crippen LogP contribution in [0.3, 0.4) is 0 Å². The Morgan fingerprint density at radius 2 is 2.21 bits per heavy atom. The fourth-order valence-corrected chi connectivity index (χ4v) is 4.21. The Morgan fingerprint density at radius 1 is 1.39 bits per heavy atom. The molecule has 0 aliphatic heterocycles. The number of methoxy groups -OCH3 is 1. The van der Waals surface area contributed by atoms with Crippen LogP contribution in [-0.4, -0.2) is 33.5 Å². The zero-order valence-electron chi connectivity index (χ0n) is 15.8. The van der Waals surface area contributed by atoms with Gasteiger partial charge in [-0.05, 0) is 24.6 Å². The number of benzene rings is 1. The predicted molar refractivity (Wildman–Crippen MR) is 115 cm³/mol. The van der Waals surface area contributed by atoms with Crippen molar-refractivity contribution in [2.45, 2.75) is 25.0 Å². The van der Waals surface area contributed by atoms with E-state index in [1.165, 1.54) is 16.6 Å². The Labute approximate surface area is 172 Å². The molecule has 8 heteroatoms. The number of nitrogens with zero attached hydrogens (tertiary/aromatic N) is 3. The molecule has 0 unspecified atom stereocenters. The zero-order chi connectivity index (χ0) is 19.9. The van der Waals surface area contributed by atoms with E-state index in [9.17, 15) is 4.79 Å². The van der Waals surface area contributed by atoms with Crippen molar-refractivity contribution >= 4 is 34.7 Å². The van der Waals surface area contributed by atoms with Crippen LogP contribution in [0, 0.1) is 0 Å². The molecular formula is C20H22N4O2S2. The maximum absolute atomic E-state index is 12.4. The first-order chi connectivity index (χ1) is 13.7. The molecule has 2 heterocycles. The Bertz CT molecular complexity index is 965. The van der Waals surface area contributed by atoms with Crippen LogP contribution < -0.4 is 10.1 Å². The first kappa shape index (κ1) is 20.2. The topological polar surface area (TPSA) is 69.0 Å². The van der Waals surface area contributed by atoms with Crippen LogP contribution in [0.4, 0.5) is 5.69 Å². The van der Waals surface area contributed by atoms with E-state index in [-0.39, 0.29) is 11.7 Å². The minimum absolute atomic E-state index is 0.131. The van der Waals surface area contributed by atoms with Crippen LogP contribution in [0.15, 0.2) is 53.5 Å². The van der Waals surface area contributed by atoms with Gasteiger partial charge in [0.05, 0.1) is 18.6 Å². The third-order valence-electron chi connectivity index (χ3n) is 4.00. The molecule has 0 radical (unpaired) electrons. The Kier molecular flexibility index (Phi) is 6.89. The van der Waals surface area contributed by atoms with Gasteiger partial charge in [0.2, 0.25) is 5.91 Å². The monoisotopic (exact) mass is 414 g/mol. The van der Waals surface area contributed by atoms with E-state index in [0.717, 1.165) is 17.8 Å². The molecule has 0 bridgehead atoms. The van der Waals surface area contributed by atoms with Crippen LogP contribution >= 0.6 is 23.1 Å². The van der Waals surface area contributed by atoms with Gasteiger partial charge >= 0.3 is 0 Å². The zero-order valence-corrected chi connectivity index (χ0v) is 17.5. The smallest absolute Gasteiger partial charge is 0.234 e. The molecule has 0 saturated carbocycles. The molecule has 0 saturated heterocycles. The molecule has 1 N–H and O–H groups in total. The molecule has 0 spiro atoms. The summed E-state index contributed by atoms with van der Waals surface area (Å²) in [5, 5.41) is 14.3. The molecule has 0 atom stereocenters. The van der Waals surface area contributed by atoms with Crippen molar-refractivity contribution in [1.29, 1.82) is 0 Å². The van der Waals surface area contributed by atoms with Gasteiger partial charge in [-0.15, -0.1) is 28.1 Å². The Morgan fingerprint density at radius 3 is 2.93 bits per heavy atom. The molecule has 0 aliphatic rings. The Balaban J connectivity index is 1.71. The van der Waals surface area contributed by atoms with Crippen LogP contribution in [-0.2, 0) is 17.8 Å². The number of hydrogen-bond acceptors (Lipinski definition) is 6. The summed E-state index contributed by atoms with van der Waals surface area (Å²) < 4.78 is 7.25. The quantitative estimate of drug-likeness (QED) is 0.413. The summed E-state index contributed by atoms with van der Waals surface area (Å²) in [4.78, 5) is 13.7. The second-order valence-electron chi connectivity index (χ2n) is 5.90. The van der Waals surface area contributed by atoms with E-state index >= 15 is 0 Å². The minimum atomic E-state index is -0.131. The number of thiophene rings is 1. The lowest BCUT2D eigenvalue weighted by Crippen LogP contribution is -2.15. The molecule has 0 fully saturated rings. The summed E-state index contributed by atoms with van der Waals surface area (Å²) in [7, 11) is 1.58. The molecule has 146 valence electrons. The number of aryl methyl sites for hydroxylation is 1. The summed E-state index contributed by atoms with van der Waals surface area (Å²) in [5.74, 6) is 1.51. The number of aromatic nitrogens is 3. The number of carbonyl (C=O) groups is 1. The maximum atomic E-state index is 12.4. The highest BCUT2D eigenvalue weighted by Gasteiger charge is 2.16. The normalized spacial score (nSPS) is 10.6. The van der Waals surface area contributed by atoms with Crippen LogP contribution in [0.1, 0.15) is 11.8 Å². The lowest BCUT2D eigenvalue weighted by Gasteiger charge is -2.10. The van der Waals surface area contributed by atoms with Gasteiger partial charge in [-0.3, -0.25) is 9.36 Å². The minimum Gasteiger partial charge on any atom is -0.495 e. The molecule has 6 nitrogen and oxygen atoms in total. The molecule has 28 heavy (non-hydrogen) atoms. The van der Waals surface area contributed by atoms with Gasteiger partial charge in [-0.25, -0.2) is 0 Å². The number of carbonyl (C=O) groups excluding carboxylic acids is 1. The van der Waals surface area contributed by atoms with Gasteiger partial charge in [0.1, 0.15) is 5.75 Å². The van der Waals surface area contributed by atoms with Gasteiger partial charge in [0.15, 0.2) is 11.0 Å². The highest BCUT2D eigenvalue weighted by Crippen LogP contribution is 2.28. The van der Waals surface area contributed by atoms with E-state index in [4.69, 9.17) is 4.74 Å². The fourth-order valence-electron chi connectivity index (χ4n) is 2.65. The first-order valence-electron chi connectivity index (χ1n) is 8.83. The van der Waals surface area contributed by atoms with Crippen LogP contribution in [0.5, 0.6) is 5.75 Å². The molecule has 2 aromatic heterocycles. The lowest BCUT2D eigenvalue weighted by molar-refractivity contribution is -0.113. The van der Waals surface area contributed by atoms with Gasteiger partial charge < -0.3 is 10.1 Å². The number of para-hydroxylation sites is 2. The van der Waals surface area contributed by atoms with Gasteiger partial charge in [0, 0.05) is 22.4 Å². The SMILES string of the molecule is C=CCn1c(SCC(=O)Nc2ccccc2OC)nnc1-c1csc(CC)c1. The van der Waals surface area contributed by atoms with E-state index in [1.807, 2.05) is 22.8 Å². The Hall–Kier alpha value is -2.58. The number of nitrogens with one attached hydrogen (secondary N) is 1. The summed E-state index contributed by atoms with van der Waals surface area (Å²) in [6, 6.07) is 9.46. The van der Waals surface area contributed by atoms with Gasteiger partial charge in [-0.1, -0.05) is 36.9 Å². The number of thioether (sulfide) groups is 1. The molecule has 1 aromatic carbocycles. The maximum Gasteiger partial charge on any atom is 0.234 e. The highest BCUT2D eigenvalue weighted by molar-refractivity contribution is 7.99. The number of hydrogen-bond donors (Lipinski definition) is 1. The average Bonchev–Trinajstić information content (AvgIpc) is 3.34. The molecule has 1 amide bonds. The predicted octanol–water partition coefficient (Wildman–Crippen LogP) is 4.49. The summed E-state index contributed by atoms with van der Waals surface area (Å²) in [6.07, 6.45) is 2.80. The second kappa shape index (κ2) is 9.57. The summed E-state index contributed by atoms with van der Waals surface area (Å²) in [5.41, 5.74) is 1.69. The number of rotatable bonds is 9. The highest BCUT2D eigenvalue weighted by atomic mass is 32.2. The van der Waals surface area contributed by atoms with Crippen molar-refractivity contribution in [2.24, 2.45) is 0 Å². The third kappa shape index (κ3) is 4.63.